The first-order valence-corrected chi connectivity index (χ1v) is 9.46. The molecule has 0 aliphatic carbocycles. The normalized spacial score (nSPS) is 10.9. The maximum absolute atomic E-state index is 5.33. The lowest BCUT2D eigenvalue weighted by molar-refractivity contribution is 0.419. The van der Waals surface area contributed by atoms with Gasteiger partial charge >= 0.3 is 0 Å². The lowest BCUT2D eigenvalue weighted by Crippen LogP contribution is -2.16. The summed E-state index contributed by atoms with van der Waals surface area (Å²) in [7, 11) is 0.302. The summed E-state index contributed by atoms with van der Waals surface area (Å²) in [6, 6.07) is 9.93. The molecule has 0 amide bonds. The molecule has 0 atom stereocenters. The minimum atomic E-state index is -1.36. The van der Waals surface area contributed by atoms with E-state index < -0.39 is 8.07 Å². The van der Waals surface area contributed by atoms with Gasteiger partial charge in [0.2, 0.25) is 0 Å². The molecule has 2 rings (SSSR count). The van der Waals surface area contributed by atoms with E-state index in [-0.39, 0.29) is 0 Å². The van der Waals surface area contributed by atoms with Crippen molar-refractivity contribution >= 4 is 19.0 Å². The maximum Gasteiger partial charge on any atom is 0.145 e. The van der Waals surface area contributed by atoms with Crippen LogP contribution in [0.15, 0.2) is 30.3 Å². The smallest absolute Gasteiger partial charge is 0.145 e. The van der Waals surface area contributed by atoms with Gasteiger partial charge in [0, 0.05) is 5.39 Å². The van der Waals surface area contributed by atoms with Crippen LogP contribution in [0.4, 0.5) is 0 Å². The monoisotopic (exact) mass is 255 g/mol. The highest BCUT2D eigenvalue weighted by atomic mass is 28.3. The molecule has 1 aromatic carbocycles. The van der Waals surface area contributed by atoms with Crippen LogP contribution < -0.4 is 4.74 Å². The van der Waals surface area contributed by atoms with Crippen LogP contribution in [0, 0.1) is 11.5 Å². The van der Waals surface area contributed by atoms with Crippen LogP contribution in [0.2, 0.25) is 19.6 Å². The second-order valence-electron chi connectivity index (χ2n) is 5.23. The number of para-hydroxylation sites is 1. The summed E-state index contributed by atoms with van der Waals surface area (Å²) in [5.41, 5.74) is 5.02. The van der Waals surface area contributed by atoms with Crippen molar-refractivity contribution in [2.45, 2.75) is 19.6 Å². The summed E-state index contributed by atoms with van der Waals surface area (Å²) in [5.74, 6) is 3.97. The number of ether oxygens (including phenoxy) is 1. The number of methoxy groups -OCH3 is 1. The lowest BCUT2D eigenvalue weighted by atomic mass is 10.2. The van der Waals surface area contributed by atoms with Gasteiger partial charge in [-0.3, -0.25) is 5.54 Å². The summed E-state index contributed by atoms with van der Waals surface area (Å²) >= 11 is 0. The van der Waals surface area contributed by atoms with E-state index in [9.17, 15) is 0 Å². The first-order chi connectivity index (χ1) is 8.49. The zero-order valence-corrected chi connectivity index (χ0v) is 12.2. The molecule has 1 aromatic heterocycles. The van der Waals surface area contributed by atoms with Gasteiger partial charge in [0.1, 0.15) is 17.0 Å². The predicted octanol–water partition coefficient (Wildman–Crippen LogP) is 3.47. The van der Waals surface area contributed by atoms with Crippen molar-refractivity contribution in [2.24, 2.45) is 0 Å². The number of fused-ring (bicyclic) bond motifs is 1. The second kappa shape index (κ2) is 4.83. The molecule has 0 N–H and O–H groups in total. The first-order valence-electron chi connectivity index (χ1n) is 5.96. The molecule has 2 aromatic rings. The lowest BCUT2D eigenvalue weighted by Gasteiger charge is -2.17. The molecule has 93 valence electrons. The fourth-order valence-electron chi connectivity index (χ4n) is 1.61. The summed E-state index contributed by atoms with van der Waals surface area (Å²) in [6.07, 6.45) is 0. The van der Waals surface area contributed by atoms with Gasteiger partial charge in [0.15, 0.2) is 0 Å². The predicted molar refractivity (Wildman–Crippen MR) is 78.5 cm³/mol. The maximum atomic E-state index is 5.33. The van der Waals surface area contributed by atoms with E-state index >= 15 is 0 Å². The standard InChI is InChI=1S/C15H17NOSi/c1-17-14-7-5-6-12-8-9-13(16-15(12)14)10-11-18(2,3)4/h5-9H,1-4H3/q-1. The Hall–Kier alpha value is -1.79. The molecule has 0 unspecified atom stereocenters. The molecule has 0 radical (unpaired) electrons. The summed E-state index contributed by atoms with van der Waals surface area (Å²) in [5, 5.41) is 1.08. The van der Waals surface area contributed by atoms with Crippen molar-refractivity contribution < 1.29 is 4.74 Å². The Morgan fingerprint density at radius 3 is 2.56 bits per heavy atom. The molecule has 2 nitrogen and oxygen atoms in total. The highest BCUT2D eigenvalue weighted by molar-refractivity contribution is 6.83. The number of hydrogen-bond acceptors (Lipinski definition) is 2. The van der Waals surface area contributed by atoms with Crippen LogP contribution >= 0.6 is 0 Å². The topological polar surface area (TPSA) is 22.1 Å². The SMILES string of the molecule is COc1cccc2ccc(C#C[Si-](C)(C)C)nc12. The Morgan fingerprint density at radius 2 is 1.89 bits per heavy atom. The van der Waals surface area contributed by atoms with Gasteiger partial charge < -0.3 is 4.74 Å². The number of pyridine rings is 1. The largest absolute Gasteiger partial charge is 0.494 e. The van der Waals surface area contributed by atoms with Gasteiger partial charge in [-0.15, -0.1) is 0 Å². The van der Waals surface area contributed by atoms with E-state index in [1.165, 1.54) is 0 Å². The molecule has 18 heavy (non-hydrogen) atoms. The third-order valence-electron chi connectivity index (χ3n) is 2.47. The Bertz CT molecular complexity index is 632. The van der Waals surface area contributed by atoms with E-state index in [2.05, 4.69) is 36.1 Å². The van der Waals surface area contributed by atoms with Crippen LogP contribution in [-0.4, -0.2) is 20.2 Å². The molecule has 0 aliphatic rings. The third-order valence-corrected chi connectivity index (χ3v) is 3.34. The average Bonchev–Trinajstić information content (AvgIpc) is 2.34. The van der Waals surface area contributed by atoms with Crippen LogP contribution in [0.25, 0.3) is 10.9 Å². The van der Waals surface area contributed by atoms with Gasteiger partial charge in [-0.25, -0.2) is 4.98 Å². The first kappa shape index (κ1) is 12.7. The van der Waals surface area contributed by atoms with Crippen molar-refractivity contribution in [3.05, 3.63) is 36.0 Å². The van der Waals surface area contributed by atoms with E-state index in [0.29, 0.717) is 0 Å². The molecule has 3 heteroatoms. The zero-order chi connectivity index (χ0) is 13.2. The minimum absolute atomic E-state index is 0.796. The van der Waals surface area contributed by atoms with Gasteiger partial charge in [-0.1, -0.05) is 26.1 Å². The second-order valence-corrected chi connectivity index (χ2v) is 9.98. The molecule has 1 heterocycles. The Morgan fingerprint density at radius 1 is 1.11 bits per heavy atom. The highest BCUT2D eigenvalue weighted by Crippen LogP contribution is 2.23. The number of rotatable bonds is 1. The quantitative estimate of drug-likeness (QED) is 0.575. The van der Waals surface area contributed by atoms with Gasteiger partial charge in [0.05, 0.1) is 7.11 Å². The van der Waals surface area contributed by atoms with E-state index in [0.717, 1.165) is 22.3 Å². The van der Waals surface area contributed by atoms with Crippen LogP contribution in [0.3, 0.4) is 0 Å². The van der Waals surface area contributed by atoms with Gasteiger partial charge in [-0.05, 0) is 18.2 Å². The molecular weight excluding hydrogens is 238 g/mol. The molecule has 0 fully saturated rings. The van der Waals surface area contributed by atoms with Crippen molar-refractivity contribution in [1.29, 1.82) is 0 Å². The fraction of sp³-hybridized carbons (Fsp3) is 0.267. The van der Waals surface area contributed by atoms with Gasteiger partial charge in [0.25, 0.3) is 0 Å². The third kappa shape index (κ3) is 2.90. The van der Waals surface area contributed by atoms with Gasteiger partial charge in [-0.2, -0.15) is 19.6 Å². The van der Waals surface area contributed by atoms with Crippen molar-refractivity contribution in [2.75, 3.05) is 7.11 Å². The Labute approximate surface area is 109 Å². The van der Waals surface area contributed by atoms with Crippen molar-refractivity contribution in [3.63, 3.8) is 0 Å². The number of benzene rings is 1. The number of hydrogen-bond donors (Lipinski definition) is 0. The molecule has 0 spiro atoms. The van der Waals surface area contributed by atoms with E-state index in [1.807, 2.05) is 30.3 Å². The van der Waals surface area contributed by atoms with Crippen molar-refractivity contribution in [1.82, 2.24) is 4.98 Å². The number of aromatic nitrogens is 1. The van der Waals surface area contributed by atoms with Crippen LogP contribution in [0.1, 0.15) is 5.69 Å². The van der Waals surface area contributed by atoms with Crippen LogP contribution in [0.5, 0.6) is 5.75 Å². The highest BCUT2D eigenvalue weighted by Gasteiger charge is 2.02. The Balaban J connectivity index is 2.52. The molecule has 0 aliphatic heterocycles. The fourth-order valence-corrected chi connectivity index (χ4v) is 2.11. The average molecular weight is 255 g/mol. The zero-order valence-electron chi connectivity index (χ0n) is 11.2. The number of nitrogens with zero attached hydrogens (tertiary/aromatic N) is 1. The molecule has 0 saturated carbocycles. The van der Waals surface area contributed by atoms with Crippen molar-refractivity contribution in [3.8, 4) is 17.2 Å². The minimum Gasteiger partial charge on any atom is -0.494 e. The molecule has 0 saturated heterocycles. The van der Waals surface area contributed by atoms with E-state index in [4.69, 9.17) is 4.74 Å². The molecular formula is C15H17NOSi-. The summed E-state index contributed by atoms with van der Waals surface area (Å²) in [4.78, 5) is 4.57. The summed E-state index contributed by atoms with van der Waals surface area (Å²) in [6.45, 7) is 6.67. The van der Waals surface area contributed by atoms with Crippen LogP contribution in [-0.2, 0) is 0 Å². The summed E-state index contributed by atoms with van der Waals surface area (Å²) < 4.78 is 5.33. The molecule has 0 bridgehead atoms. The van der Waals surface area contributed by atoms with E-state index in [1.54, 1.807) is 7.11 Å². The Kier molecular flexibility index (Phi) is 3.40.